The van der Waals surface area contributed by atoms with Crippen LogP contribution in [0, 0.1) is 3.57 Å². The molecule has 0 saturated heterocycles. The number of hydrogen-bond acceptors (Lipinski definition) is 4. The van der Waals surface area contributed by atoms with Gasteiger partial charge < -0.3 is 10.4 Å². The molecular weight excluding hydrogens is 377 g/mol. The largest absolute Gasteiger partial charge is 0.508 e. The zero-order valence-corrected chi connectivity index (χ0v) is 14.1. The van der Waals surface area contributed by atoms with Gasteiger partial charge >= 0.3 is 0 Å². The van der Waals surface area contributed by atoms with Crippen LogP contribution >= 0.6 is 22.6 Å². The summed E-state index contributed by atoms with van der Waals surface area (Å²) in [7, 11) is 1.89. The number of rotatable bonds is 3. The zero-order valence-electron chi connectivity index (χ0n) is 11.9. The van der Waals surface area contributed by atoms with Gasteiger partial charge in [0.2, 0.25) is 0 Å². The van der Waals surface area contributed by atoms with Crippen molar-refractivity contribution >= 4 is 28.4 Å². The SMILES string of the molecule is CNc1nc(-c2ccc(O)cc2)nc(C2CCCC2)c1I. The quantitative estimate of drug-likeness (QED) is 0.767. The van der Waals surface area contributed by atoms with Crippen LogP contribution in [0.3, 0.4) is 0 Å². The Kier molecular flexibility index (Phi) is 4.28. The summed E-state index contributed by atoms with van der Waals surface area (Å²) in [6.07, 6.45) is 5.00. The monoisotopic (exact) mass is 395 g/mol. The molecule has 1 saturated carbocycles. The molecule has 1 heterocycles. The second-order valence-corrected chi connectivity index (χ2v) is 6.45. The maximum Gasteiger partial charge on any atom is 0.161 e. The normalized spacial score (nSPS) is 15.3. The summed E-state index contributed by atoms with van der Waals surface area (Å²) in [5.74, 6) is 2.41. The van der Waals surface area contributed by atoms with Crippen molar-refractivity contribution in [1.82, 2.24) is 9.97 Å². The summed E-state index contributed by atoms with van der Waals surface area (Å²) >= 11 is 2.34. The summed E-state index contributed by atoms with van der Waals surface area (Å²) in [5, 5.41) is 12.6. The third-order valence-corrected chi connectivity index (χ3v) is 5.04. The molecule has 1 fully saturated rings. The zero-order chi connectivity index (χ0) is 14.8. The highest BCUT2D eigenvalue weighted by Gasteiger charge is 2.23. The Balaban J connectivity index is 2.08. The predicted octanol–water partition coefficient (Wildman–Crippen LogP) is 4.15. The van der Waals surface area contributed by atoms with E-state index in [2.05, 4.69) is 32.9 Å². The summed E-state index contributed by atoms with van der Waals surface area (Å²) in [6.45, 7) is 0. The minimum atomic E-state index is 0.258. The first-order chi connectivity index (χ1) is 10.2. The third-order valence-electron chi connectivity index (χ3n) is 3.98. The maximum atomic E-state index is 9.42. The Hall–Kier alpha value is -1.37. The molecule has 3 rings (SSSR count). The average molecular weight is 395 g/mol. The van der Waals surface area contributed by atoms with Crippen LogP contribution in [0.4, 0.5) is 5.82 Å². The number of nitrogens with zero attached hydrogens (tertiary/aromatic N) is 2. The first-order valence-corrected chi connectivity index (χ1v) is 8.31. The van der Waals surface area contributed by atoms with Gasteiger partial charge in [-0.3, -0.25) is 0 Å². The third kappa shape index (κ3) is 2.97. The molecule has 2 aromatic rings. The van der Waals surface area contributed by atoms with Gasteiger partial charge in [-0.2, -0.15) is 0 Å². The first kappa shape index (κ1) is 14.6. The Morgan fingerprint density at radius 1 is 1.14 bits per heavy atom. The van der Waals surface area contributed by atoms with Gasteiger partial charge in [0, 0.05) is 18.5 Å². The molecule has 21 heavy (non-hydrogen) atoms. The van der Waals surface area contributed by atoms with E-state index in [0.29, 0.717) is 5.92 Å². The number of benzene rings is 1. The Labute approximate surface area is 138 Å². The lowest BCUT2D eigenvalue weighted by Gasteiger charge is -2.15. The number of aromatic hydroxyl groups is 1. The standard InChI is InChI=1S/C16H18IN3O/c1-18-16-13(17)14(10-4-2-3-5-10)19-15(20-16)11-6-8-12(21)9-7-11/h6-10,21H,2-5H2,1H3,(H,18,19,20). The van der Waals surface area contributed by atoms with E-state index in [4.69, 9.17) is 4.98 Å². The summed E-state index contributed by atoms with van der Waals surface area (Å²) in [5.41, 5.74) is 2.09. The number of hydrogen-bond donors (Lipinski definition) is 2. The molecule has 1 aliphatic rings. The van der Waals surface area contributed by atoms with E-state index >= 15 is 0 Å². The van der Waals surface area contributed by atoms with Crippen molar-refractivity contribution in [2.45, 2.75) is 31.6 Å². The molecule has 0 unspecified atom stereocenters. The molecule has 0 radical (unpaired) electrons. The number of phenols is 1. The van der Waals surface area contributed by atoms with E-state index in [-0.39, 0.29) is 5.75 Å². The molecule has 4 nitrogen and oxygen atoms in total. The van der Waals surface area contributed by atoms with Gasteiger partial charge in [0.05, 0.1) is 9.26 Å². The molecule has 0 aliphatic heterocycles. The van der Waals surface area contributed by atoms with Crippen LogP contribution in [-0.4, -0.2) is 22.1 Å². The van der Waals surface area contributed by atoms with E-state index in [0.717, 1.165) is 26.5 Å². The number of nitrogens with one attached hydrogen (secondary N) is 1. The molecule has 0 bridgehead atoms. The van der Waals surface area contributed by atoms with Crippen LogP contribution in [0.15, 0.2) is 24.3 Å². The van der Waals surface area contributed by atoms with E-state index in [1.165, 1.54) is 25.7 Å². The van der Waals surface area contributed by atoms with Crippen molar-refractivity contribution in [3.8, 4) is 17.1 Å². The molecular formula is C16H18IN3O. The van der Waals surface area contributed by atoms with Crippen molar-refractivity contribution in [2.75, 3.05) is 12.4 Å². The fourth-order valence-corrected chi connectivity index (χ4v) is 3.79. The first-order valence-electron chi connectivity index (χ1n) is 7.23. The van der Waals surface area contributed by atoms with E-state index in [1.54, 1.807) is 12.1 Å². The highest BCUT2D eigenvalue weighted by atomic mass is 127. The van der Waals surface area contributed by atoms with Crippen LogP contribution in [0.25, 0.3) is 11.4 Å². The van der Waals surface area contributed by atoms with Crippen LogP contribution in [0.2, 0.25) is 0 Å². The van der Waals surface area contributed by atoms with Crippen molar-refractivity contribution in [2.24, 2.45) is 0 Å². The van der Waals surface area contributed by atoms with Gasteiger partial charge in [0.25, 0.3) is 0 Å². The van der Waals surface area contributed by atoms with Crippen LogP contribution < -0.4 is 5.32 Å². The number of phenolic OH excluding ortho intramolecular Hbond substituents is 1. The molecule has 5 heteroatoms. The number of halogens is 1. The van der Waals surface area contributed by atoms with Crippen molar-refractivity contribution in [3.63, 3.8) is 0 Å². The average Bonchev–Trinajstić information content (AvgIpc) is 3.02. The van der Waals surface area contributed by atoms with Crippen molar-refractivity contribution in [1.29, 1.82) is 0 Å². The smallest absolute Gasteiger partial charge is 0.161 e. The van der Waals surface area contributed by atoms with Crippen LogP contribution in [0.5, 0.6) is 5.75 Å². The second kappa shape index (κ2) is 6.17. The lowest BCUT2D eigenvalue weighted by Crippen LogP contribution is -2.08. The number of aromatic nitrogens is 2. The van der Waals surface area contributed by atoms with Gasteiger partial charge in [0.15, 0.2) is 5.82 Å². The van der Waals surface area contributed by atoms with E-state index < -0.39 is 0 Å². The molecule has 0 atom stereocenters. The lowest BCUT2D eigenvalue weighted by molar-refractivity contribution is 0.475. The highest BCUT2D eigenvalue weighted by molar-refractivity contribution is 14.1. The van der Waals surface area contributed by atoms with Gasteiger partial charge in [-0.1, -0.05) is 12.8 Å². The lowest BCUT2D eigenvalue weighted by atomic mass is 10.0. The highest BCUT2D eigenvalue weighted by Crippen LogP contribution is 2.37. The minimum Gasteiger partial charge on any atom is -0.508 e. The van der Waals surface area contributed by atoms with Gasteiger partial charge in [-0.05, 0) is 59.7 Å². The fraction of sp³-hybridized carbons (Fsp3) is 0.375. The summed E-state index contributed by atoms with van der Waals surface area (Å²) in [6, 6.07) is 7.06. The van der Waals surface area contributed by atoms with Gasteiger partial charge in [0.1, 0.15) is 11.6 Å². The summed E-state index contributed by atoms with van der Waals surface area (Å²) < 4.78 is 1.13. The Bertz CT molecular complexity index is 637. The minimum absolute atomic E-state index is 0.258. The Morgan fingerprint density at radius 2 is 1.81 bits per heavy atom. The molecule has 0 spiro atoms. The van der Waals surface area contributed by atoms with E-state index in [9.17, 15) is 5.11 Å². The maximum absolute atomic E-state index is 9.42. The van der Waals surface area contributed by atoms with Crippen molar-refractivity contribution < 1.29 is 5.11 Å². The van der Waals surface area contributed by atoms with Crippen LogP contribution in [-0.2, 0) is 0 Å². The van der Waals surface area contributed by atoms with Gasteiger partial charge in [-0.25, -0.2) is 9.97 Å². The van der Waals surface area contributed by atoms with Crippen molar-refractivity contribution in [3.05, 3.63) is 33.5 Å². The molecule has 1 aliphatic carbocycles. The molecule has 110 valence electrons. The molecule has 1 aromatic carbocycles. The van der Waals surface area contributed by atoms with Gasteiger partial charge in [-0.15, -0.1) is 0 Å². The topological polar surface area (TPSA) is 58.0 Å². The molecule has 1 aromatic heterocycles. The molecule has 0 amide bonds. The second-order valence-electron chi connectivity index (χ2n) is 5.37. The number of anilines is 1. The van der Waals surface area contributed by atoms with E-state index in [1.807, 2.05) is 19.2 Å². The summed E-state index contributed by atoms with van der Waals surface area (Å²) in [4.78, 5) is 9.43. The Morgan fingerprint density at radius 3 is 2.43 bits per heavy atom. The fourth-order valence-electron chi connectivity index (χ4n) is 2.84. The molecule has 2 N–H and O–H groups in total. The predicted molar refractivity (Wildman–Crippen MR) is 92.6 cm³/mol. The van der Waals surface area contributed by atoms with Crippen LogP contribution in [0.1, 0.15) is 37.3 Å².